The van der Waals surface area contributed by atoms with E-state index < -0.39 is 0 Å². The van der Waals surface area contributed by atoms with Crippen LogP contribution in [-0.2, 0) is 5.75 Å². The molecular weight excluding hydrogens is 323 g/mol. The summed E-state index contributed by atoms with van der Waals surface area (Å²) in [6.07, 6.45) is 1.79. The first kappa shape index (κ1) is 14.5. The van der Waals surface area contributed by atoms with Gasteiger partial charge in [-0.15, -0.1) is 11.8 Å². The van der Waals surface area contributed by atoms with Gasteiger partial charge < -0.3 is 5.73 Å². The van der Waals surface area contributed by atoms with Gasteiger partial charge in [0.1, 0.15) is 0 Å². The Morgan fingerprint density at radius 3 is 2.71 bits per heavy atom. The molecule has 2 nitrogen and oxygen atoms in total. The number of nitrogens with zero attached hydrogens (tertiary/aromatic N) is 1. The Morgan fingerprint density at radius 1 is 1.05 bits per heavy atom. The van der Waals surface area contributed by atoms with Gasteiger partial charge in [-0.1, -0.05) is 29.3 Å². The Bertz CT molecular complexity index is 805. The van der Waals surface area contributed by atoms with Gasteiger partial charge in [-0.3, -0.25) is 4.98 Å². The molecule has 1 heterocycles. The lowest BCUT2D eigenvalue weighted by atomic mass is 10.1. The molecule has 0 saturated heterocycles. The van der Waals surface area contributed by atoms with E-state index in [2.05, 4.69) is 4.98 Å². The SMILES string of the molecule is Nc1ccc(CSc2ccc(Cl)c(Cl)c2)c2ncccc12. The van der Waals surface area contributed by atoms with E-state index in [4.69, 9.17) is 28.9 Å². The number of nitrogen functional groups attached to an aromatic ring is 1. The summed E-state index contributed by atoms with van der Waals surface area (Å²) in [4.78, 5) is 5.52. The van der Waals surface area contributed by atoms with Gasteiger partial charge in [0.15, 0.2) is 0 Å². The largest absolute Gasteiger partial charge is 0.398 e. The summed E-state index contributed by atoms with van der Waals surface area (Å²) in [5.41, 5.74) is 8.84. The molecule has 0 radical (unpaired) electrons. The highest BCUT2D eigenvalue weighted by Gasteiger charge is 2.06. The van der Waals surface area contributed by atoms with Crippen LogP contribution in [0.3, 0.4) is 0 Å². The molecule has 5 heteroatoms. The number of hydrogen-bond acceptors (Lipinski definition) is 3. The van der Waals surface area contributed by atoms with Crippen LogP contribution in [0.5, 0.6) is 0 Å². The van der Waals surface area contributed by atoms with Crippen LogP contribution < -0.4 is 5.73 Å². The minimum atomic E-state index is 0.570. The van der Waals surface area contributed by atoms with Crippen LogP contribution in [0.4, 0.5) is 5.69 Å². The van der Waals surface area contributed by atoms with Gasteiger partial charge in [0.25, 0.3) is 0 Å². The fraction of sp³-hybridized carbons (Fsp3) is 0.0625. The molecule has 2 aromatic carbocycles. The third-order valence-electron chi connectivity index (χ3n) is 3.17. The number of nitrogens with two attached hydrogens (primary N) is 1. The molecule has 21 heavy (non-hydrogen) atoms. The van der Waals surface area contributed by atoms with Crippen molar-refractivity contribution < 1.29 is 0 Å². The highest BCUT2D eigenvalue weighted by atomic mass is 35.5. The molecule has 106 valence electrons. The van der Waals surface area contributed by atoms with Crippen molar-refractivity contribution in [1.29, 1.82) is 0 Å². The minimum Gasteiger partial charge on any atom is -0.398 e. The fourth-order valence-electron chi connectivity index (χ4n) is 2.10. The molecule has 0 bridgehead atoms. The third-order valence-corrected chi connectivity index (χ3v) is 4.95. The number of benzene rings is 2. The number of rotatable bonds is 3. The van der Waals surface area contributed by atoms with E-state index in [1.54, 1.807) is 18.0 Å². The standard InChI is InChI=1S/C16H12Cl2N2S/c17-13-5-4-11(8-14(13)18)21-9-10-3-6-15(19)12-2-1-7-20-16(10)12/h1-8H,9,19H2. The molecule has 0 spiro atoms. The second kappa shape index (κ2) is 6.14. The van der Waals surface area contributed by atoms with Crippen LogP contribution in [0.1, 0.15) is 5.56 Å². The van der Waals surface area contributed by atoms with Gasteiger partial charge in [0.05, 0.1) is 15.6 Å². The van der Waals surface area contributed by atoms with Crippen LogP contribution in [0.25, 0.3) is 10.9 Å². The van der Waals surface area contributed by atoms with E-state index >= 15 is 0 Å². The average molecular weight is 335 g/mol. The van der Waals surface area contributed by atoms with Gasteiger partial charge in [-0.25, -0.2) is 0 Å². The van der Waals surface area contributed by atoms with Crippen molar-refractivity contribution in [3.05, 3.63) is 64.3 Å². The zero-order valence-electron chi connectivity index (χ0n) is 11.0. The first-order chi connectivity index (χ1) is 10.1. The van der Waals surface area contributed by atoms with Crippen molar-refractivity contribution in [1.82, 2.24) is 4.98 Å². The molecule has 1 aromatic heterocycles. The predicted molar refractivity (Wildman–Crippen MR) is 92.2 cm³/mol. The lowest BCUT2D eigenvalue weighted by Gasteiger charge is -2.08. The third kappa shape index (κ3) is 3.10. The van der Waals surface area contributed by atoms with E-state index in [9.17, 15) is 0 Å². The lowest BCUT2D eigenvalue weighted by molar-refractivity contribution is 1.34. The second-order valence-corrected chi connectivity index (χ2v) is 6.44. The summed E-state index contributed by atoms with van der Waals surface area (Å²) in [6, 6.07) is 13.5. The van der Waals surface area contributed by atoms with Crippen molar-refractivity contribution >= 4 is 51.6 Å². The van der Waals surface area contributed by atoms with Crippen LogP contribution in [0.2, 0.25) is 10.0 Å². The Hall–Kier alpha value is -1.42. The van der Waals surface area contributed by atoms with E-state index in [1.807, 2.05) is 42.5 Å². The molecule has 3 rings (SSSR count). The first-order valence-electron chi connectivity index (χ1n) is 6.35. The van der Waals surface area contributed by atoms with Crippen LogP contribution in [0.15, 0.2) is 53.6 Å². The summed E-state index contributed by atoms with van der Waals surface area (Å²) < 4.78 is 0. The fourth-order valence-corrected chi connectivity index (χ4v) is 3.38. The molecule has 2 N–H and O–H groups in total. The molecule has 0 unspecified atom stereocenters. The summed E-state index contributed by atoms with van der Waals surface area (Å²) in [7, 11) is 0. The zero-order chi connectivity index (χ0) is 14.8. The topological polar surface area (TPSA) is 38.9 Å². The smallest absolute Gasteiger partial charge is 0.0763 e. The first-order valence-corrected chi connectivity index (χ1v) is 8.09. The minimum absolute atomic E-state index is 0.570. The van der Waals surface area contributed by atoms with Gasteiger partial charge in [0, 0.05) is 27.9 Å². The number of hydrogen-bond donors (Lipinski definition) is 1. The van der Waals surface area contributed by atoms with Gasteiger partial charge in [0.2, 0.25) is 0 Å². The number of halogens is 2. The quantitative estimate of drug-likeness (QED) is 0.513. The van der Waals surface area contributed by atoms with E-state index in [1.165, 1.54) is 0 Å². The molecule has 0 amide bonds. The van der Waals surface area contributed by atoms with Crippen LogP contribution in [-0.4, -0.2) is 4.98 Å². The Morgan fingerprint density at radius 2 is 1.90 bits per heavy atom. The predicted octanol–water partition coefficient (Wildman–Crippen LogP) is 5.42. The number of thioether (sulfide) groups is 1. The summed E-state index contributed by atoms with van der Waals surface area (Å²) >= 11 is 13.7. The summed E-state index contributed by atoms with van der Waals surface area (Å²) in [6.45, 7) is 0. The molecule has 0 saturated carbocycles. The van der Waals surface area contributed by atoms with Crippen molar-refractivity contribution in [2.45, 2.75) is 10.6 Å². The van der Waals surface area contributed by atoms with Crippen molar-refractivity contribution in [2.75, 3.05) is 5.73 Å². The van der Waals surface area contributed by atoms with Crippen molar-refractivity contribution in [2.24, 2.45) is 0 Å². The Balaban J connectivity index is 1.88. The average Bonchev–Trinajstić information content (AvgIpc) is 2.50. The highest BCUT2D eigenvalue weighted by molar-refractivity contribution is 7.98. The molecule has 0 fully saturated rings. The summed E-state index contributed by atoms with van der Waals surface area (Å²) in [5.74, 6) is 0.797. The Kier molecular flexibility index (Phi) is 4.24. The van der Waals surface area contributed by atoms with Crippen molar-refractivity contribution in [3.8, 4) is 0 Å². The Labute approximate surface area is 137 Å². The molecule has 0 aliphatic heterocycles. The molecule has 3 aromatic rings. The summed E-state index contributed by atoms with van der Waals surface area (Å²) in [5, 5.41) is 2.13. The number of pyridine rings is 1. The maximum Gasteiger partial charge on any atom is 0.0763 e. The lowest BCUT2D eigenvalue weighted by Crippen LogP contribution is -1.92. The maximum atomic E-state index is 6.04. The highest BCUT2D eigenvalue weighted by Crippen LogP contribution is 2.32. The number of fused-ring (bicyclic) bond motifs is 1. The van der Waals surface area contributed by atoms with Crippen molar-refractivity contribution in [3.63, 3.8) is 0 Å². The van der Waals surface area contributed by atoms with E-state index in [0.717, 1.165) is 32.8 Å². The molecule has 0 aliphatic rings. The molecule has 0 aliphatic carbocycles. The van der Waals surface area contributed by atoms with Gasteiger partial charge >= 0.3 is 0 Å². The van der Waals surface area contributed by atoms with Crippen LogP contribution >= 0.6 is 35.0 Å². The molecular formula is C16H12Cl2N2S. The number of aromatic nitrogens is 1. The van der Waals surface area contributed by atoms with Crippen LogP contribution in [0, 0.1) is 0 Å². The monoisotopic (exact) mass is 334 g/mol. The molecule has 0 atom stereocenters. The van der Waals surface area contributed by atoms with Gasteiger partial charge in [-0.2, -0.15) is 0 Å². The normalized spacial score (nSPS) is 11.0. The zero-order valence-corrected chi connectivity index (χ0v) is 13.3. The number of anilines is 1. The van der Waals surface area contributed by atoms with Gasteiger partial charge in [-0.05, 0) is 42.0 Å². The second-order valence-electron chi connectivity index (χ2n) is 4.58. The van der Waals surface area contributed by atoms with E-state index in [0.29, 0.717) is 10.0 Å². The maximum absolute atomic E-state index is 6.04. The van der Waals surface area contributed by atoms with E-state index in [-0.39, 0.29) is 0 Å².